The van der Waals surface area contributed by atoms with Crippen molar-refractivity contribution in [3.63, 3.8) is 0 Å². The van der Waals surface area contributed by atoms with Crippen LogP contribution in [0.3, 0.4) is 0 Å². The van der Waals surface area contributed by atoms with Gasteiger partial charge < -0.3 is 11.1 Å². The minimum atomic E-state index is -0.0912. The van der Waals surface area contributed by atoms with E-state index in [1.54, 1.807) is 12.3 Å². The molecular weight excluding hydrogens is 365 g/mol. The number of hydrogen-bond donors (Lipinski definition) is 3. The van der Waals surface area contributed by atoms with Crippen molar-refractivity contribution in [2.45, 2.75) is 32.4 Å². The Balaban J connectivity index is 0.00000139. The van der Waals surface area contributed by atoms with E-state index in [9.17, 15) is 4.79 Å². The Bertz CT molecular complexity index is 531. The first kappa shape index (κ1) is 21.6. The van der Waals surface area contributed by atoms with E-state index < -0.39 is 0 Å². The molecule has 0 spiro atoms. The summed E-state index contributed by atoms with van der Waals surface area (Å²) in [6.45, 7) is 4.78. The summed E-state index contributed by atoms with van der Waals surface area (Å²) in [5.74, 6) is 0.440. The lowest BCUT2D eigenvalue weighted by Crippen LogP contribution is -2.47. The van der Waals surface area contributed by atoms with Crippen molar-refractivity contribution in [2.75, 3.05) is 25.9 Å². The summed E-state index contributed by atoms with van der Waals surface area (Å²) in [6, 6.07) is 5.35. The topological polar surface area (TPSA) is 58.4 Å². The van der Waals surface area contributed by atoms with Crippen LogP contribution in [0.5, 0.6) is 0 Å². The quantitative estimate of drug-likeness (QED) is 0.652. The van der Waals surface area contributed by atoms with Gasteiger partial charge in [0.2, 0.25) is 5.91 Å². The molecule has 0 bridgehead atoms. The molecule has 0 aliphatic carbocycles. The number of nitrogens with two attached hydrogens (primary N) is 1. The van der Waals surface area contributed by atoms with Gasteiger partial charge in [-0.2, -0.15) is 12.6 Å². The van der Waals surface area contributed by atoms with Crippen molar-refractivity contribution < 1.29 is 4.79 Å². The third kappa shape index (κ3) is 5.53. The standard InChI is InChI=1S/C16H23Cl2N3O.CH4S/c1-2-11-6-8-21(9-7-19)15(11)16(22)20-10-12-4-3-5-13(17)14(12)18;1-2/h3-5,11,15H,2,6-10,19H2,1H3,(H,20,22);2H,1H3/t11-,15-;/m0./s1. The molecule has 1 amide bonds. The molecule has 1 saturated heterocycles. The molecule has 2 atom stereocenters. The van der Waals surface area contributed by atoms with Crippen molar-refractivity contribution in [3.05, 3.63) is 33.8 Å². The fraction of sp³-hybridized carbons (Fsp3) is 0.588. The van der Waals surface area contributed by atoms with Crippen LogP contribution in [-0.2, 0) is 11.3 Å². The predicted molar refractivity (Wildman–Crippen MR) is 106 cm³/mol. The van der Waals surface area contributed by atoms with Crippen molar-refractivity contribution in [1.82, 2.24) is 10.2 Å². The van der Waals surface area contributed by atoms with Crippen molar-refractivity contribution in [3.8, 4) is 0 Å². The van der Waals surface area contributed by atoms with Crippen molar-refractivity contribution in [2.24, 2.45) is 11.7 Å². The van der Waals surface area contributed by atoms with Gasteiger partial charge in [-0.1, -0.05) is 48.7 Å². The van der Waals surface area contributed by atoms with Crippen molar-refractivity contribution in [1.29, 1.82) is 0 Å². The van der Waals surface area contributed by atoms with Crippen LogP contribution in [0.2, 0.25) is 10.0 Å². The first-order valence-electron chi connectivity index (χ1n) is 8.17. The average Bonchev–Trinajstić information content (AvgIpc) is 3.01. The van der Waals surface area contributed by atoms with Crippen LogP contribution in [-0.4, -0.2) is 42.7 Å². The summed E-state index contributed by atoms with van der Waals surface area (Å²) >= 11 is 15.7. The third-order valence-electron chi connectivity index (χ3n) is 4.32. The number of halogens is 2. The van der Waals surface area contributed by atoms with Crippen LogP contribution < -0.4 is 11.1 Å². The largest absolute Gasteiger partial charge is 0.351 e. The van der Waals surface area contributed by atoms with Gasteiger partial charge in [0.15, 0.2) is 0 Å². The van der Waals surface area contributed by atoms with Gasteiger partial charge in [-0.25, -0.2) is 0 Å². The Morgan fingerprint density at radius 3 is 2.75 bits per heavy atom. The zero-order valence-electron chi connectivity index (χ0n) is 14.3. The van der Waals surface area contributed by atoms with Crippen LogP contribution in [0.25, 0.3) is 0 Å². The Morgan fingerprint density at radius 1 is 1.42 bits per heavy atom. The van der Waals surface area contributed by atoms with Gasteiger partial charge >= 0.3 is 0 Å². The molecule has 3 N–H and O–H groups in total. The maximum atomic E-state index is 12.6. The Labute approximate surface area is 160 Å². The van der Waals surface area contributed by atoms with E-state index in [2.05, 4.69) is 29.8 Å². The van der Waals surface area contributed by atoms with E-state index in [1.807, 2.05) is 12.1 Å². The summed E-state index contributed by atoms with van der Waals surface area (Å²) < 4.78 is 0. The van der Waals surface area contributed by atoms with Crippen LogP contribution in [0, 0.1) is 5.92 Å². The van der Waals surface area contributed by atoms with Gasteiger partial charge in [0.1, 0.15) is 0 Å². The van der Waals surface area contributed by atoms with Crippen LogP contribution >= 0.6 is 35.8 Å². The maximum Gasteiger partial charge on any atom is 0.237 e. The highest BCUT2D eigenvalue weighted by Gasteiger charge is 2.37. The highest BCUT2D eigenvalue weighted by atomic mass is 35.5. The second-order valence-electron chi connectivity index (χ2n) is 5.66. The lowest BCUT2D eigenvalue weighted by molar-refractivity contribution is -0.126. The summed E-state index contributed by atoms with van der Waals surface area (Å²) in [4.78, 5) is 14.8. The fourth-order valence-electron chi connectivity index (χ4n) is 3.12. The van der Waals surface area contributed by atoms with E-state index in [1.165, 1.54) is 0 Å². The maximum absolute atomic E-state index is 12.6. The number of carbonyl (C=O) groups excluding carboxylic acids is 1. The summed E-state index contributed by atoms with van der Waals surface area (Å²) in [5, 5.41) is 4.00. The van der Waals surface area contributed by atoms with E-state index in [-0.39, 0.29) is 11.9 Å². The Kier molecular flexibility index (Phi) is 10.1. The Morgan fingerprint density at radius 2 is 2.12 bits per heavy atom. The number of nitrogens with one attached hydrogen (secondary N) is 1. The summed E-state index contributed by atoms with van der Waals surface area (Å²) in [5.41, 5.74) is 6.49. The van der Waals surface area contributed by atoms with E-state index in [4.69, 9.17) is 28.9 Å². The van der Waals surface area contributed by atoms with Gasteiger partial charge in [0.25, 0.3) is 0 Å². The molecule has 1 fully saturated rings. The third-order valence-corrected chi connectivity index (χ3v) is 5.18. The number of benzene rings is 1. The minimum absolute atomic E-state index is 0.0499. The highest BCUT2D eigenvalue weighted by Crippen LogP contribution is 2.28. The van der Waals surface area contributed by atoms with E-state index in [0.29, 0.717) is 29.1 Å². The van der Waals surface area contributed by atoms with E-state index >= 15 is 0 Å². The Hall–Kier alpha value is -0.460. The molecule has 0 radical (unpaired) electrons. The second kappa shape index (κ2) is 11.2. The lowest BCUT2D eigenvalue weighted by atomic mass is 9.96. The molecule has 1 aliphatic rings. The molecule has 0 unspecified atom stereocenters. The van der Waals surface area contributed by atoms with Gasteiger partial charge in [-0.3, -0.25) is 9.69 Å². The highest BCUT2D eigenvalue weighted by molar-refractivity contribution is 7.79. The van der Waals surface area contributed by atoms with Crippen molar-refractivity contribution >= 4 is 41.7 Å². The SMILES string of the molecule is CC[C@H]1CCN(CCN)[C@@H]1C(=O)NCc1cccc(Cl)c1Cl.CS. The predicted octanol–water partition coefficient (Wildman–Crippen LogP) is 3.21. The second-order valence-corrected chi connectivity index (χ2v) is 6.44. The summed E-state index contributed by atoms with van der Waals surface area (Å²) in [6.07, 6.45) is 3.74. The minimum Gasteiger partial charge on any atom is -0.351 e. The lowest BCUT2D eigenvalue weighted by Gasteiger charge is -2.26. The molecule has 1 aromatic rings. The number of nitrogens with zero attached hydrogens (tertiary/aromatic N) is 1. The molecule has 1 heterocycles. The number of hydrogen-bond acceptors (Lipinski definition) is 4. The molecular formula is C17H27Cl2N3OS. The number of thiol groups is 1. The zero-order chi connectivity index (χ0) is 18.1. The first-order valence-corrected chi connectivity index (χ1v) is 9.83. The summed E-state index contributed by atoms with van der Waals surface area (Å²) in [7, 11) is 0. The number of carbonyl (C=O) groups is 1. The smallest absolute Gasteiger partial charge is 0.237 e. The normalized spacial score (nSPS) is 20.4. The number of likely N-dealkylation sites (tertiary alicyclic amines) is 1. The molecule has 7 heteroatoms. The van der Waals surface area contributed by atoms with Crippen LogP contribution in [0.15, 0.2) is 18.2 Å². The first-order chi connectivity index (χ1) is 11.6. The average molecular weight is 392 g/mol. The molecule has 1 aliphatic heterocycles. The molecule has 136 valence electrons. The molecule has 4 nitrogen and oxygen atoms in total. The molecule has 2 rings (SSSR count). The van der Waals surface area contributed by atoms with Crippen LogP contribution in [0.4, 0.5) is 0 Å². The molecule has 0 aromatic heterocycles. The van der Waals surface area contributed by atoms with E-state index in [0.717, 1.165) is 31.5 Å². The molecule has 24 heavy (non-hydrogen) atoms. The van der Waals surface area contributed by atoms with Gasteiger partial charge in [0, 0.05) is 19.6 Å². The molecule has 0 saturated carbocycles. The number of rotatable bonds is 6. The van der Waals surface area contributed by atoms with Gasteiger partial charge in [-0.15, -0.1) is 0 Å². The zero-order valence-corrected chi connectivity index (χ0v) is 16.7. The molecule has 1 aromatic carbocycles. The number of amides is 1. The van der Waals surface area contributed by atoms with Gasteiger partial charge in [0.05, 0.1) is 16.1 Å². The monoisotopic (exact) mass is 391 g/mol. The van der Waals surface area contributed by atoms with Crippen LogP contribution in [0.1, 0.15) is 25.3 Å². The fourth-order valence-corrected chi connectivity index (χ4v) is 3.51. The van der Waals surface area contributed by atoms with Gasteiger partial charge in [-0.05, 0) is 36.8 Å².